The minimum absolute atomic E-state index is 0.0247. The largest absolute Gasteiger partial charge is 0.478 e. The average molecular weight is 320 g/mol. The molecular weight excluding hydrogens is 304 g/mol. The number of carboxylic acid groups (broad SMARTS) is 1. The van der Waals surface area contributed by atoms with Crippen LogP contribution in [-0.2, 0) is 16.3 Å². The minimum atomic E-state index is -3.62. The van der Waals surface area contributed by atoms with Crippen LogP contribution in [0.1, 0.15) is 22.8 Å². The van der Waals surface area contributed by atoms with Crippen LogP contribution in [0.25, 0.3) is 0 Å². The number of benzene rings is 2. The smallest absolute Gasteiger partial charge is 0.336 e. The molecule has 0 aromatic heterocycles. The molecule has 1 N–H and O–H groups in total. The third-order valence-electron chi connectivity index (χ3n) is 3.15. The van der Waals surface area contributed by atoms with Crippen LogP contribution < -0.4 is 4.74 Å². The molecule has 0 aliphatic rings. The number of hydrogen-bond acceptors (Lipinski definition) is 4. The summed E-state index contributed by atoms with van der Waals surface area (Å²) in [5.74, 6) is -0.541. The van der Waals surface area contributed by atoms with E-state index in [9.17, 15) is 18.3 Å². The lowest BCUT2D eigenvalue weighted by atomic mass is 10.0. The summed E-state index contributed by atoms with van der Waals surface area (Å²) < 4.78 is 29.5. The van der Waals surface area contributed by atoms with Crippen molar-refractivity contribution in [3.8, 4) is 11.5 Å². The molecule has 2 rings (SSSR count). The van der Waals surface area contributed by atoms with Crippen LogP contribution in [0, 0.1) is 0 Å². The number of aryl methyl sites for hydroxylation is 1. The highest BCUT2D eigenvalue weighted by molar-refractivity contribution is 7.90. The Morgan fingerprint density at radius 2 is 1.82 bits per heavy atom. The molecule has 2 aromatic carbocycles. The summed E-state index contributed by atoms with van der Waals surface area (Å²) in [6, 6.07) is 11.4. The van der Waals surface area contributed by atoms with Gasteiger partial charge >= 0.3 is 5.97 Å². The molecule has 6 heteroatoms. The van der Waals surface area contributed by atoms with Gasteiger partial charge in [0.2, 0.25) is 0 Å². The van der Waals surface area contributed by atoms with Gasteiger partial charge < -0.3 is 9.84 Å². The van der Waals surface area contributed by atoms with Gasteiger partial charge in [-0.25, -0.2) is 13.2 Å². The first-order chi connectivity index (χ1) is 10.3. The maximum Gasteiger partial charge on any atom is 0.336 e. The number of sulfone groups is 1. The zero-order chi connectivity index (χ0) is 16.3. The van der Waals surface area contributed by atoms with Crippen molar-refractivity contribution < 1.29 is 23.1 Å². The second kappa shape index (κ2) is 6.19. The summed E-state index contributed by atoms with van der Waals surface area (Å²) in [4.78, 5) is 11.2. The van der Waals surface area contributed by atoms with E-state index in [1.165, 1.54) is 6.07 Å². The van der Waals surface area contributed by atoms with E-state index in [2.05, 4.69) is 0 Å². The van der Waals surface area contributed by atoms with Crippen molar-refractivity contribution in [2.24, 2.45) is 0 Å². The van der Waals surface area contributed by atoms with Crippen molar-refractivity contribution in [3.63, 3.8) is 0 Å². The number of carbonyl (C=O) groups is 1. The summed E-state index contributed by atoms with van der Waals surface area (Å²) in [7, 11) is -3.62. The third kappa shape index (κ3) is 3.46. The number of aromatic carboxylic acids is 1. The summed E-state index contributed by atoms with van der Waals surface area (Å²) in [6.07, 6.45) is 1.48. The molecule has 0 unspecified atom stereocenters. The van der Waals surface area contributed by atoms with Crippen LogP contribution >= 0.6 is 0 Å². The Kier molecular flexibility index (Phi) is 4.51. The predicted octanol–water partition coefficient (Wildman–Crippen LogP) is 3.14. The van der Waals surface area contributed by atoms with E-state index in [1.807, 2.05) is 6.07 Å². The van der Waals surface area contributed by atoms with E-state index >= 15 is 0 Å². The Balaban J connectivity index is 2.63. The molecule has 0 saturated heterocycles. The summed E-state index contributed by atoms with van der Waals surface area (Å²) in [6.45, 7) is 1.80. The third-order valence-corrected chi connectivity index (χ3v) is 4.27. The van der Waals surface area contributed by atoms with Crippen molar-refractivity contribution in [1.29, 1.82) is 0 Å². The van der Waals surface area contributed by atoms with Gasteiger partial charge in [-0.15, -0.1) is 0 Å². The van der Waals surface area contributed by atoms with Gasteiger partial charge in [0.1, 0.15) is 16.4 Å². The maximum absolute atomic E-state index is 11.9. The fourth-order valence-corrected chi connectivity index (χ4v) is 2.88. The lowest BCUT2D eigenvalue weighted by Crippen LogP contribution is -2.08. The molecule has 0 saturated carbocycles. The molecule has 0 aliphatic carbocycles. The van der Waals surface area contributed by atoms with E-state index in [0.29, 0.717) is 17.7 Å². The van der Waals surface area contributed by atoms with Crippen molar-refractivity contribution in [2.45, 2.75) is 18.2 Å². The van der Waals surface area contributed by atoms with E-state index in [-0.39, 0.29) is 16.2 Å². The Hall–Kier alpha value is -2.34. The van der Waals surface area contributed by atoms with Gasteiger partial charge in [0.05, 0.1) is 5.56 Å². The Morgan fingerprint density at radius 3 is 2.32 bits per heavy atom. The first-order valence-corrected chi connectivity index (χ1v) is 8.55. The zero-order valence-electron chi connectivity index (χ0n) is 12.2. The highest BCUT2D eigenvalue weighted by atomic mass is 32.2. The zero-order valence-corrected chi connectivity index (χ0v) is 13.1. The number of rotatable bonds is 5. The standard InChI is InChI=1S/C16H16O5S/c1-3-11-9-14(21-12-7-5-4-6-8-12)15(22(2,19)20)10-13(11)16(17)18/h4-10H,3H2,1-2H3,(H,17,18). The van der Waals surface area contributed by atoms with Crippen LogP contribution in [0.3, 0.4) is 0 Å². The van der Waals surface area contributed by atoms with Gasteiger partial charge in [-0.2, -0.15) is 0 Å². The molecule has 0 aliphatic heterocycles. The summed E-state index contributed by atoms with van der Waals surface area (Å²) >= 11 is 0. The van der Waals surface area contributed by atoms with Crippen molar-refractivity contribution in [3.05, 3.63) is 53.6 Å². The number of ether oxygens (including phenoxy) is 1. The molecular formula is C16H16O5S. The highest BCUT2D eigenvalue weighted by Crippen LogP contribution is 2.32. The monoisotopic (exact) mass is 320 g/mol. The lowest BCUT2D eigenvalue weighted by Gasteiger charge is -2.13. The summed E-state index contributed by atoms with van der Waals surface area (Å²) in [5.41, 5.74) is 0.495. The van der Waals surface area contributed by atoms with Crippen molar-refractivity contribution >= 4 is 15.8 Å². The fraction of sp³-hybridized carbons (Fsp3) is 0.188. The molecule has 2 aromatic rings. The molecule has 0 heterocycles. The fourth-order valence-electron chi connectivity index (χ4n) is 2.08. The molecule has 0 bridgehead atoms. The van der Waals surface area contributed by atoms with Crippen LogP contribution in [0.4, 0.5) is 0 Å². The number of hydrogen-bond donors (Lipinski definition) is 1. The molecule has 0 fully saturated rings. The van der Waals surface area contributed by atoms with Gasteiger partial charge in [-0.1, -0.05) is 25.1 Å². The van der Waals surface area contributed by atoms with Crippen LogP contribution in [0.5, 0.6) is 11.5 Å². The van der Waals surface area contributed by atoms with Gasteiger partial charge in [0, 0.05) is 6.26 Å². The molecule has 5 nitrogen and oxygen atoms in total. The normalized spacial score (nSPS) is 11.2. The second-order valence-electron chi connectivity index (χ2n) is 4.80. The number of para-hydroxylation sites is 1. The maximum atomic E-state index is 11.9. The molecule has 116 valence electrons. The first-order valence-electron chi connectivity index (χ1n) is 6.66. The molecule has 0 amide bonds. The highest BCUT2D eigenvalue weighted by Gasteiger charge is 2.21. The predicted molar refractivity (Wildman–Crippen MR) is 82.4 cm³/mol. The van der Waals surface area contributed by atoms with Crippen molar-refractivity contribution in [1.82, 2.24) is 0 Å². The van der Waals surface area contributed by atoms with Crippen molar-refractivity contribution in [2.75, 3.05) is 6.26 Å². The van der Waals surface area contributed by atoms with E-state index in [1.54, 1.807) is 31.2 Å². The quantitative estimate of drug-likeness (QED) is 0.915. The van der Waals surface area contributed by atoms with E-state index < -0.39 is 15.8 Å². The van der Waals surface area contributed by atoms with Crippen LogP contribution in [0.2, 0.25) is 0 Å². The van der Waals surface area contributed by atoms with E-state index in [0.717, 1.165) is 12.3 Å². The Morgan fingerprint density at radius 1 is 1.18 bits per heavy atom. The molecule has 0 atom stereocenters. The average Bonchev–Trinajstić information content (AvgIpc) is 2.46. The SMILES string of the molecule is CCc1cc(Oc2ccccc2)c(S(C)(=O)=O)cc1C(=O)O. The number of carboxylic acids is 1. The second-order valence-corrected chi connectivity index (χ2v) is 6.79. The van der Waals surface area contributed by atoms with Gasteiger partial charge in [0.25, 0.3) is 0 Å². The lowest BCUT2D eigenvalue weighted by molar-refractivity contribution is 0.0695. The van der Waals surface area contributed by atoms with Gasteiger partial charge in [-0.3, -0.25) is 0 Å². The Labute approximate surface area is 129 Å². The minimum Gasteiger partial charge on any atom is -0.478 e. The van der Waals surface area contributed by atoms with Crippen LogP contribution in [-0.4, -0.2) is 25.7 Å². The summed E-state index contributed by atoms with van der Waals surface area (Å²) in [5, 5.41) is 9.23. The molecule has 0 radical (unpaired) electrons. The topological polar surface area (TPSA) is 80.7 Å². The van der Waals surface area contributed by atoms with Gasteiger partial charge in [0.15, 0.2) is 9.84 Å². The first kappa shape index (κ1) is 16.0. The molecule has 0 spiro atoms. The van der Waals surface area contributed by atoms with E-state index in [4.69, 9.17) is 4.74 Å². The Bertz CT molecular complexity index is 795. The molecule has 22 heavy (non-hydrogen) atoms. The van der Waals surface area contributed by atoms with Gasteiger partial charge in [-0.05, 0) is 36.2 Å². The van der Waals surface area contributed by atoms with Crippen LogP contribution in [0.15, 0.2) is 47.4 Å².